The van der Waals surface area contributed by atoms with Gasteiger partial charge in [-0.05, 0) is 12.3 Å². The van der Waals surface area contributed by atoms with E-state index in [-0.39, 0.29) is 0 Å². The smallest absolute Gasteiger partial charge is 0.131 e. The van der Waals surface area contributed by atoms with Crippen molar-refractivity contribution in [1.29, 1.82) is 0 Å². The van der Waals surface area contributed by atoms with E-state index in [0.29, 0.717) is 0 Å². The van der Waals surface area contributed by atoms with E-state index in [9.17, 15) is 0 Å². The number of rotatable bonds is 6. The summed E-state index contributed by atoms with van der Waals surface area (Å²) in [5.74, 6) is 1.76. The minimum Gasteiger partial charge on any atom is -0.363 e. The Bertz CT molecular complexity index is 310. The molecule has 90 valence electrons. The van der Waals surface area contributed by atoms with Gasteiger partial charge < -0.3 is 4.90 Å². The van der Waals surface area contributed by atoms with Crippen LogP contribution in [0.25, 0.3) is 0 Å². The predicted octanol–water partition coefficient (Wildman–Crippen LogP) is 2.91. The molecule has 0 amide bonds. The lowest BCUT2D eigenvalue weighted by atomic mass is 9.95. The fourth-order valence-electron chi connectivity index (χ4n) is 1.90. The van der Waals surface area contributed by atoms with Crippen LogP contribution >= 0.6 is 0 Å². The zero-order chi connectivity index (χ0) is 12.0. The first kappa shape index (κ1) is 12.9. The number of anilines is 1. The fourth-order valence-corrected chi connectivity index (χ4v) is 1.90. The monoisotopic (exact) mass is 221 g/mol. The Kier molecular flexibility index (Phi) is 5.23. The van der Waals surface area contributed by atoms with Crippen LogP contribution in [0.4, 0.5) is 5.82 Å². The highest BCUT2D eigenvalue weighted by molar-refractivity contribution is 5.36. The van der Waals surface area contributed by atoms with Gasteiger partial charge in [-0.1, -0.05) is 33.1 Å². The van der Waals surface area contributed by atoms with Gasteiger partial charge in [-0.3, -0.25) is 0 Å². The van der Waals surface area contributed by atoms with Gasteiger partial charge in [0.25, 0.3) is 0 Å². The summed E-state index contributed by atoms with van der Waals surface area (Å²) in [7, 11) is 4.02. The molecule has 0 N–H and O–H groups in total. The van der Waals surface area contributed by atoms with Crippen molar-refractivity contribution in [2.45, 2.75) is 39.5 Å². The Hall–Kier alpha value is -1.12. The molecule has 0 saturated heterocycles. The van der Waals surface area contributed by atoms with Gasteiger partial charge in [0.05, 0.1) is 0 Å². The van der Waals surface area contributed by atoms with Crippen molar-refractivity contribution in [3.05, 3.63) is 18.1 Å². The lowest BCUT2D eigenvalue weighted by molar-refractivity contribution is 0.457. The van der Waals surface area contributed by atoms with Gasteiger partial charge in [-0.15, -0.1) is 0 Å². The van der Waals surface area contributed by atoms with E-state index in [1.54, 1.807) is 6.33 Å². The van der Waals surface area contributed by atoms with E-state index in [1.807, 2.05) is 19.0 Å². The molecular weight excluding hydrogens is 198 g/mol. The topological polar surface area (TPSA) is 29.0 Å². The Morgan fingerprint density at radius 2 is 2.00 bits per heavy atom. The summed E-state index contributed by atoms with van der Waals surface area (Å²) >= 11 is 0. The molecule has 1 atom stereocenters. The van der Waals surface area contributed by atoms with E-state index >= 15 is 0 Å². The summed E-state index contributed by atoms with van der Waals surface area (Å²) in [5, 5.41) is 0. The normalized spacial score (nSPS) is 12.5. The van der Waals surface area contributed by atoms with Crippen LogP contribution in [0.15, 0.2) is 12.4 Å². The van der Waals surface area contributed by atoms with Crippen molar-refractivity contribution >= 4 is 5.82 Å². The second kappa shape index (κ2) is 6.46. The summed E-state index contributed by atoms with van der Waals surface area (Å²) in [6, 6.07) is 2.10. The lowest BCUT2D eigenvalue weighted by Gasteiger charge is -2.15. The van der Waals surface area contributed by atoms with Crippen LogP contribution in [0.5, 0.6) is 0 Å². The van der Waals surface area contributed by atoms with Crippen molar-refractivity contribution in [3.63, 3.8) is 0 Å². The van der Waals surface area contributed by atoms with Gasteiger partial charge in [-0.25, -0.2) is 9.97 Å². The minimum atomic E-state index is 0.759. The Labute approximate surface area is 98.9 Å². The van der Waals surface area contributed by atoms with Crippen LogP contribution in [0.1, 0.15) is 38.8 Å². The van der Waals surface area contributed by atoms with Crippen molar-refractivity contribution in [2.75, 3.05) is 19.0 Å². The highest BCUT2D eigenvalue weighted by Crippen LogP contribution is 2.17. The molecular formula is C13H23N3. The number of nitrogens with zero attached hydrogens (tertiary/aromatic N) is 3. The summed E-state index contributed by atoms with van der Waals surface area (Å²) in [6.07, 6.45) is 6.52. The molecule has 0 aliphatic carbocycles. The van der Waals surface area contributed by atoms with Crippen molar-refractivity contribution < 1.29 is 0 Å². The maximum atomic E-state index is 4.35. The fraction of sp³-hybridized carbons (Fsp3) is 0.692. The molecule has 3 heteroatoms. The molecule has 0 radical (unpaired) electrons. The summed E-state index contributed by atoms with van der Waals surface area (Å²) in [4.78, 5) is 10.6. The van der Waals surface area contributed by atoms with Gasteiger partial charge >= 0.3 is 0 Å². The van der Waals surface area contributed by atoms with E-state index in [4.69, 9.17) is 0 Å². The molecule has 0 aromatic carbocycles. The van der Waals surface area contributed by atoms with Gasteiger partial charge in [0.1, 0.15) is 12.1 Å². The highest BCUT2D eigenvalue weighted by Gasteiger charge is 2.08. The first-order valence-electron chi connectivity index (χ1n) is 6.15. The third-order valence-electron chi connectivity index (χ3n) is 2.94. The highest BCUT2D eigenvalue weighted by atomic mass is 15.1. The van der Waals surface area contributed by atoms with Crippen LogP contribution in [0.2, 0.25) is 0 Å². The molecule has 0 bridgehead atoms. The van der Waals surface area contributed by atoms with E-state index in [0.717, 1.165) is 18.2 Å². The third kappa shape index (κ3) is 3.80. The Morgan fingerprint density at radius 3 is 2.56 bits per heavy atom. The predicted molar refractivity (Wildman–Crippen MR) is 68.8 cm³/mol. The number of aromatic nitrogens is 2. The Morgan fingerprint density at radius 1 is 1.25 bits per heavy atom. The maximum absolute atomic E-state index is 4.35. The van der Waals surface area contributed by atoms with Gasteiger partial charge in [0.2, 0.25) is 0 Å². The van der Waals surface area contributed by atoms with Gasteiger partial charge in [-0.2, -0.15) is 0 Å². The summed E-state index contributed by atoms with van der Waals surface area (Å²) in [6.45, 7) is 4.50. The standard InChI is InChI=1S/C13H23N3/c1-5-7-11(6-2)8-12-9-13(16(3)4)15-10-14-12/h9-11H,5-8H2,1-4H3. The largest absolute Gasteiger partial charge is 0.363 e. The molecule has 1 heterocycles. The molecule has 1 aromatic rings. The first-order chi connectivity index (χ1) is 7.67. The van der Waals surface area contributed by atoms with Crippen molar-refractivity contribution in [1.82, 2.24) is 9.97 Å². The van der Waals surface area contributed by atoms with Crippen LogP contribution in [-0.2, 0) is 6.42 Å². The zero-order valence-corrected chi connectivity index (χ0v) is 10.9. The minimum absolute atomic E-state index is 0.759. The molecule has 3 nitrogen and oxygen atoms in total. The molecule has 0 aliphatic rings. The molecule has 1 unspecified atom stereocenters. The van der Waals surface area contributed by atoms with E-state index in [1.165, 1.54) is 25.0 Å². The molecule has 0 saturated carbocycles. The SMILES string of the molecule is CCCC(CC)Cc1cc(N(C)C)ncn1. The van der Waals surface area contributed by atoms with E-state index < -0.39 is 0 Å². The van der Waals surface area contributed by atoms with Gasteiger partial charge in [0.15, 0.2) is 0 Å². The maximum Gasteiger partial charge on any atom is 0.131 e. The summed E-state index contributed by atoms with van der Waals surface area (Å²) < 4.78 is 0. The Balaban J connectivity index is 2.68. The average molecular weight is 221 g/mol. The first-order valence-corrected chi connectivity index (χ1v) is 6.15. The second-order valence-electron chi connectivity index (χ2n) is 4.53. The van der Waals surface area contributed by atoms with Gasteiger partial charge in [0, 0.05) is 25.9 Å². The molecule has 1 rings (SSSR count). The molecule has 0 fully saturated rings. The number of hydrogen-bond acceptors (Lipinski definition) is 3. The summed E-state index contributed by atoms with van der Waals surface area (Å²) in [5.41, 5.74) is 1.17. The second-order valence-corrected chi connectivity index (χ2v) is 4.53. The van der Waals surface area contributed by atoms with Crippen molar-refractivity contribution in [2.24, 2.45) is 5.92 Å². The molecule has 0 spiro atoms. The zero-order valence-electron chi connectivity index (χ0n) is 10.9. The quantitative estimate of drug-likeness (QED) is 0.739. The molecule has 0 aliphatic heterocycles. The molecule has 16 heavy (non-hydrogen) atoms. The van der Waals surface area contributed by atoms with E-state index in [2.05, 4.69) is 29.9 Å². The van der Waals surface area contributed by atoms with Crippen LogP contribution in [-0.4, -0.2) is 24.1 Å². The van der Waals surface area contributed by atoms with Crippen LogP contribution in [0.3, 0.4) is 0 Å². The van der Waals surface area contributed by atoms with Crippen LogP contribution < -0.4 is 4.90 Å². The molecule has 1 aromatic heterocycles. The third-order valence-corrected chi connectivity index (χ3v) is 2.94. The average Bonchev–Trinajstić information content (AvgIpc) is 2.29. The van der Waals surface area contributed by atoms with Crippen molar-refractivity contribution in [3.8, 4) is 0 Å². The number of hydrogen-bond donors (Lipinski definition) is 0. The van der Waals surface area contributed by atoms with Crippen LogP contribution in [0, 0.1) is 5.92 Å². The lowest BCUT2D eigenvalue weighted by Crippen LogP contribution is -2.12.